The third-order valence-corrected chi connectivity index (χ3v) is 6.84. The second-order valence-electron chi connectivity index (χ2n) is 8.86. The maximum absolute atomic E-state index is 6.17. The zero-order valence-corrected chi connectivity index (χ0v) is 19.5. The number of piperidine rings is 2. The van der Waals surface area contributed by atoms with Gasteiger partial charge < -0.3 is 19.7 Å². The third-order valence-electron chi connectivity index (χ3n) is 6.64. The number of halogens is 1. The molecule has 0 bridgehead atoms. The standard InChI is InChI=1S/C22H39ClN6/c1-5-24-21(28(4)17-20-15-19(23)16-27(20)3)25-18-22(9-13-26(2)14-10-22)29-11-7-6-8-12-29/h15-16H,5-14,17-18H2,1-4H3,(H,24,25). The fourth-order valence-electron chi connectivity index (χ4n) is 4.71. The van der Waals surface area contributed by atoms with E-state index >= 15 is 0 Å². The van der Waals surface area contributed by atoms with E-state index in [0.29, 0.717) is 0 Å². The predicted octanol–water partition coefficient (Wildman–Crippen LogP) is 3.03. The number of aliphatic imine (C=N–C) groups is 1. The summed E-state index contributed by atoms with van der Waals surface area (Å²) in [6, 6.07) is 2.04. The van der Waals surface area contributed by atoms with Gasteiger partial charge in [0.15, 0.2) is 5.96 Å². The summed E-state index contributed by atoms with van der Waals surface area (Å²) >= 11 is 6.17. The van der Waals surface area contributed by atoms with E-state index in [-0.39, 0.29) is 5.54 Å². The molecule has 7 heteroatoms. The van der Waals surface area contributed by atoms with E-state index in [1.54, 1.807) is 0 Å². The van der Waals surface area contributed by atoms with Crippen LogP contribution in [0.4, 0.5) is 0 Å². The number of likely N-dealkylation sites (tertiary alicyclic amines) is 2. The Morgan fingerprint density at radius 2 is 1.86 bits per heavy atom. The van der Waals surface area contributed by atoms with Crippen LogP contribution in [0.3, 0.4) is 0 Å². The van der Waals surface area contributed by atoms with Crippen molar-refractivity contribution in [2.24, 2.45) is 12.0 Å². The molecule has 2 saturated heterocycles. The molecule has 2 aliphatic heterocycles. The number of nitrogens with one attached hydrogen (secondary N) is 1. The molecule has 1 N–H and O–H groups in total. The van der Waals surface area contributed by atoms with Gasteiger partial charge in [0.1, 0.15) is 0 Å². The second kappa shape index (κ2) is 10.2. The molecular formula is C22H39ClN6. The Bertz CT molecular complexity index is 671. The first-order valence-corrected chi connectivity index (χ1v) is 11.5. The van der Waals surface area contributed by atoms with Crippen LogP contribution in [0.1, 0.15) is 44.7 Å². The maximum atomic E-state index is 6.17. The van der Waals surface area contributed by atoms with Crippen LogP contribution in [0.2, 0.25) is 5.02 Å². The molecule has 1 aromatic heterocycles. The Morgan fingerprint density at radius 1 is 1.17 bits per heavy atom. The monoisotopic (exact) mass is 422 g/mol. The van der Waals surface area contributed by atoms with Crippen molar-refractivity contribution in [2.75, 3.05) is 53.4 Å². The number of rotatable bonds is 6. The van der Waals surface area contributed by atoms with Gasteiger partial charge in [-0.3, -0.25) is 9.89 Å². The Labute approximate surface area is 181 Å². The van der Waals surface area contributed by atoms with Gasteiger partial charge in [0.2, 0.25) is 0 Å². The van der Waals surface area contributed by atoms with Gasteiger partial charge in [0.25, 0.3) is 0 Å². The Morgan fingerprint density at radius 3 is 2.45 bits per heavy atom. The van der Waals surface area contributed by atoms with E-state index in [9.17, 15) is 0 Å². The average molecular weight is 423 g/mol. The molecule has 3 rings (SSSR count). The van der Waals surface area contributed by atoms with Gasteiger partial charge in [-0.25, -0.2) is 0 Å². The number of hydrogen-bond acceptors (Lipinski definition) is 3. The average Bonchev–Trinajstić information content (AvgIpc) is 3.04. The van der Waals surface area contributed by atoms with Crippen LogP contribution in [-0.4, -0.2) is 84.1 Å². The number of guanidine groups is 1. The van der Waals surface area contributed by atoms with Gasteiger partial charge in [-0.05, 0) is 71.9 Å². The predicted molar refractivity (Wildman–Crippen MR) is 123 cm³/mol. The largest absolute Gasteiger partial charge is 0.357 e. The van der Waals surface area contributed by atoms with E-state index < -0.39 is 0 Å². The van der Waals surface area contributed by atoms with Crippen LogP contribution in [-0.2, 0) is 13.6 Å². The second-order valence-corrected chi connectivity index (χ2v) is 9.30. The molecule has 0 radical (unpaired) electrons. The molecule has 0 unspecified atom stereocenters. The van der Waals surface area contributed by atoms with Crippen LogP contribution in [0.15, 0.2) is 17.3 Å². The molecule has 6 nitrogen and oxygen atoms in total. The number of aryl methyl sites for hydroxylation is 1. The maximum Gasteiger partial charge on any atom is 0.194 e. The number of aromatic nitrogens is 1. The number of nitrogens with zero attached hydrogens (tertiary/aromatic N) is 5. The minimum absolute atomic E-state index is 0.211. The van der Waals surface area contributed by atoms with E-state index in [0.717, 1.165) is 30.6 Å². The lowest BCUT2D eigenvalue weighted by Crippen LogP contribution is -2.58. The highest BCUT2D eigenvalue weighted by Gasteiger charge is 2.39. The van der Waals surface area contributed by atoms with Crippen molar-refractivity contribution < 1.29 is 0 Å². The minimum atomic E-state index is 0.211. The Hall–Kier alpha value is -1.24. The smallest absolute Gasteiger partial charge is 0.194 e. The zero-order chi connectivity index (χ0) is 20.9. The van der Waals surface area contributed by atoms with E-state index in [1.807, 2.05) is 19.3 Å². The molecule has 2 aliphatic rings. The highest BCUT2D eigenvalue weighted by Crippen LogP contribution is 2.31. The zero-order valence-electron chi connectivity index (χ0n) is 18.8. The minimum Gasteiger partial charge on any atom is -0.357 e. The van der Waals surface area contributed by atoms with Gasteiger partial charge in [0, 0.05) is 38.1 Å². The Balaban J connectivity index is 1.75. The lowest BCUT2D eigenvalue weighted by atomic mass is 9.84. The molecule has 164 valence electrons. The highest BCUT2D eigenvalue weighted by molar-refractivity contribution is 6.30. The lowest BCUT2D eigenvalue weighted by Gasteiger charge is -2.49. The highest BCUT2D eigenvalue weighted by atomic mass is 35.5. The third kappa shape index (κ3) is 5.68. The molecule has 0 aliphatic carbocycles. The summed E-state index contributed by atoms with van der Waals surface area (Å²) < 4.78 is 2.09. The fourth-order valence-corrected chi connectivity index (χ4v) is 4.98. The van der Waals surface area contributed by atoms with Crippen LogP contribution < -0.4 is 5.32 Å². The topological polar surface area (TPSA) is 39.0 Å². The van der Waals surface area contributed by atoms with Crippen LogP contribution in [0.5, 0.6) is 0 Å². The summed E-state index contributed by atoms with van der Waals surface area (Å²) in [6.45, 7) is 9.46. The molecule has 2 fully saturated rings. The summed E-state index contributed by atoms with van der Waals surface area (Å²) in [5.41, 5.74) is 1.40. The lowest BCUT2D eigenvalue weighted by molar-refractivity contribution is 0.0206. The molecule has 29 heavy (non-hydrogen) atoms. The first-order valence-electron chi connectivity index (χ1n) is 11.2. The number of hydrogen-bond donors (Lipinski definition) is 1. The molecule has 3 heterocycles. The van der Waals surface area contributed by atoms with Crippen molar-refractivity contribution in [3.8, 4) is 0 Å². The first kappa shape index (κ1) is 22.4. The molecule has 0 atom stereocenters. The van der Waals surface area contributed by atoms with Crippen molar-refractivity contribution in [3.63, 3.8) is 0 Å². The van der Waals surface area contributed by atoms with E-state index in [4.69, 9.17) is 16.6 Å². The van der Waals surface area contributed by atoms with Gasteiger partial charge >= 0.3 is 0 Å². The fraction of sp³-hybridized carbons (Fsp3) is 0.773. The van der Waals surface area contributed by atoms with Crippen LogP contribution >= 0.6 is 11.6 Å². The van der Waals surface area contributed by atoms with Gasteiger partial charge in [0.05, 0.1) is 18.1 Å². The Kier molecular flexibility index (Phi) is 7.88. The van der Waals surface area contributed by atoms with E-state index in [1.165, 1.54) is 64.0 Å². The molecule has 0 saturated carbocycles. The van der Waals surface area contributed by atoms with Crippen molar-refractivity contribution in [1.29, 1.82) is 0 Å². The SMILES string of the molecule is CCNC(=NCC1(N2CCCCC2)CCN(C)CC1)N(C)Cc1cc(Cl)cn1C. The van der Waals surface area contributed by atoms with E-state index in [2.05, 4.69) is 45.6 Å². The van der Waals surface area contributed by atoms with Crippen LogP contribution in [0, 0.1) is 0 Å². The quantitative estimate of drug-likeness (QED) is 0.565. The molecule has 0 spiro atoms. The molecular weight excluding hydrogens is 384 g/mol. The normalized spacial score (nSPS) is 21.3. The molecule has 0 aromatic carbocycles. The van der Waals surface area contributed by atoms with Crippen LogP contribution in [0.25, 0.3) is 0 Å². The van der Waals surface area contributed by atoms with Gasteiger partial charge in [-0.2, -0.15) is 0 Å². The summed E-state index contributed by atoms with van der Waals surface area (Å²) in [6.07, 6.45) is 8.41. The first-order chi connectivity index (χ1) is 13.9. The summed E-state index contributed by atoms with van der Waals surface area (Å²) in [5, 5.41) is 4.29. The molecule has 1 aromatic rings. The van der Waals surface area contributed by atoms with Crippen molar-refractivity contribution in [3.05, 3.63) is 23.0 Å². The summed E-state index contributed by atoms with van der Waals surface area (Å²) in [5.74, 6) is 0.986. The van der Waals surface area contributed by atoms with Gasteiger partial charge in [-0.15, -0.1) is 0 Å². The van der Waals surface area contributed by atoms with Crippen molar-refractivity contribution in [2.45, 2.75) is 51.1 Å². The molecule has 0 amide bonds. The summed E-state index contributed by atoms with van der Waals surface area (Å²) in [4.78, 5) is 12.6. The van der Waals surface area contributed by atoms with Crippen molar-refractivity contribution >= 4 is 17.6 Å². The van der Waals surface area contributed by atoms with Crippen molar-refractivity contribution in [1.82, 2.24) is 24.6 Å². The summed E-state index contributed by atoms with van der Waals surface area (Å²) in [7, 11) is 6.40. The van der Waals surface area contributed by atoms with Gasteiger partial charge in [-0.1, -0.05) is 18.0 Å².